The Morgan fingerprint density at radius 2 is 1.96 bits per heavy atom. The molecule has 4 rings (SSSR count). The van der Waals surface area contributed by atoms with Crippen molar-refractivity contribution in [3.05, 3.63) is 70.7 Å². The van der Waals surface area contributed by atoms with Gasteiger partial charge in [0.1, 0.15) is 17.4 Å². The SMILES string of the molecule is O=C(O)c1ccc(OCc2nc(-c3c[nH]c4ccccc34)cs2)cc1. The molecule has 0 aliphatic carbocycles. The van der Waals surface area contributed by atoms with E-state index in [1.807, 2.05) is 29.8 Å². The lowest BCUT2D eigenvalue weighted by Crippen LogP contribution is -1.97. The number of nitrogens with one attached hydrogen (secondary N) is 1. The van der Waals surface area contributed by atoms with Gasteiger partial charge in [-0.2, -0.15) is 0 Å². The molecule has 2 aromatic carbocycles. The van der Waals surface area contributed by atoms with Crippen LogP contribution >= 0.6 is 11.3 Å². The van der Waals surface area contributed by atoms with Crippen molar-refractivity contribution in [1.29, 1.82) is 0 Å². The summed E-state index contributed by atoms with van der Waals surface area (Å²) in [4.78, 5) is 18.7. The van der Waals surface area contributed by atoms with Crippen LogP contribution in [0.1, 0.15) is 15.4 Å². The minimum Gasteiger partial charge on any atom is -0.486 e. The number of H-pyrrole nitrogens is 1. The summed E-state index contributed by atoms with van der Waals surface area (Å²) in [5.74, 6) is -0.330. The van der Waals surface area contributed by atoms with E-state index < -0.39 is 5.97 Å². The molecule has 0 unspecified atom stereocenters. The number of thiazole rings is 1. The molecular weight excluding hydrogens is 336 g/mol. The molecule has 25 heavy (non-hydrogen) atoms. The van der Waals surface area contributed by atoms with Crippen molar-refractivity contribution in [2.45, 2.75) is 6.61 Å². The molecule has 6 heteroatoms. The van der Waals surface area contributed by atoms with Crippen molar-refractivity contribution < 1.29 is 14.6 Å². The highest BCUT2D eigenvalue weighted by molar-refractivity contribution is 7.09. The van der Waals surface area contributed by atoms with Crippen LogP contribution in [0.2, 0.25) is 0 Å². The maximum Gasteiger partial charge on any atom is 0.335 e. The number of hydrogen-bond donors (Lipinski definition) is 2. The van der Waals surface area contributed by atoms with E-state index in [4.69, 9.17) is 9.84 Å². The molecule has 0 amide bonds. The quantitative estimate of drug-likeness (QED) is 0.553. The van der Waals surface area contributed by atoms with E-state index >= 15 is 0 Å². The summed E-state index contributed by atoms with van der Waals surface area (Å²) in [6.45, 7) is 0.347. The van der Waals surface area contributed by atoms with Gasteiger partial charge >= 0.3 is 5.97 Å². The number of nitrogens with zero attached hydrogens (tertiary/aromatic N) is 1. The van der Waals surface area contributed by atoms with Gasteiger partial charge in [-0.15, -0.1) is 11.3 Å². The number of carboxylic acid groups (broad SMARTS) is 1. The molecule has 5 nitrogen and oxygen atoms in total. The first-order valence-electron chi connectivity index (χ1n) is 7.68. The summed E-state index contributed by atoms with van der Waals surface area (Å²) in [5, 5.41) is 12.9. The third-order valence-electron chi connectivity index (χ3n) is 3.88. The number of aromatic carboxylic acids is 1. The second-order valence-corrected chi connectivity index (χ2v) is 6.44. The summed E-state index contributed by atoms with van der Waals surface area (Å²) in [5.41, 5.74) is 3.32. The van der Waals surface area contributed by atoms with Crippen LogP contribution in [0.15, 0.2) is 60.1 Å². The highest BCUT2D eigenvalue weighted by Crippen LogP contribution is 2.29. The number of rotatable bonds is 5. The van der Waals surface area contributed by atoms with Crippen LogP contribution in [0, 0.1) is 0 Å². The van der Waals surface area contributed by atoms with Crippen LogP contribution in [-0.2, 0) is 6.61 Å². The number of aromatic amines is 1. The zero-order chi connectivity index (χ0) is 17.2. The number of para-hydroxylation sites is 1. The number of hydrogen-bond acceptors (Lipinski definition) is 4. The summed E-state index contributed by atoms with van der Waals surface area (Å²) in [7, 11) is 0. The predicted molar refractivity (Wildman–Crippen MR) is 97.1 cm³/mol. The maximum atomic E-state index is 10.8. The Kier molecular flexibility index (Phi) is 3.95. The molecule has 0 saturated carbocycles. The smallest absolute Gasteiger partial charge is 0.335 e. The second kappa shape index (κ2) is 6.41. The molecule has 0 radical (unpaired) electrons. The number of aromatic nitrogens is 2. The molecule has 0 atom stereocenters. The largest absolute Gasteiger partial charge is 0.486 e. The minimum atomic E-state index is -0.949. The zero-order valence-corrected chi connectivity index (χ0v) is 13.9. The highest BCUT2D eigenvalue weighted by Gasteiger charge is 2.10. The van der Waals surface area contributed by atoms with Crippen molar-refractivity contribution >= 4 is 28.2 Å². The second-order valence-electron chi connectivity index (χ2n) is 5.49. The van der Waals surface area contributed by atoms with Gasteiger partial charge in [0.2, 0.25) is 0 Å². The fourth-order valence-electron chi connectivity index (χ4n) is 2.62. The molecule has 0 aliphatic heterocycles. The maximum absolute atomic E-state index is 10.8. The lowest BCUT2D eigenvalue weighted by molar-refractivity contribution is 0.0697. The zero-order valence-electron chi connectivity index (χ0n) is 13.1. The molecular formula is C19H14N2O3S. The molecule has 0 spiro atoms. The lowest BCUT2D eigenvalue weighted by atomic mass is 10.1. The van der Waals surface area contributed by atoms with Crippen molar-refractivity contribution in [3.63, 3.8) is 0 Å². The topological polar surface area (TPSA) is 75.2 Å². The Labute approximate surface area is 147 Å². The van der Waals surface area contributed by atoms with Gasteiger partial charge in [0.25, 0.3) is 0 Å². The third-order valence-corrected chi connectivity index (χ3v) is 4.70. The van der Waals surface area contributed by atoms with Crippen LogP contribution in [0.4, 0.5) is 0 Å². The fourth-order valence-corrected chi connectivity index (χ4v) is 3.33. The van der Waals surface area contributed by atoms with E-state index in [1.54, 1.807) is 12.1 Å². The van der Waals surface area contributed by atoms with Gasteiger partial charge in [0, 0.05) is 28.0 Å². The first-order valence-corrected chi connectivity index (χ1v) is 8.56. The molecule has 0 bridgehead atoms. The third kappa shape index (κ3) is 3.12. The molecule has 124 valence electrons. The van der Waals surface area contributed by atoms with Gasteiger partial charge in [-0.3, -0.25) is 0 Å². The Morgan fingerprint density at radius 3 is 2.76 bits per heavy atom. The van der Waals surface area contributed by atoms with Crippen molar-refractivity contribution in [1.82, 2.24) is 9.97 Å². The van der Waals surface area contributed by atoms with Gasteiger partial charge in [-0.1, -0.05) is 18.2 Å². The van der Waals surface area contributed by atoms with E-state index in [9.17, 15) is 4.79 Å². The van der Waals surface area contributed by atoms with E-state index in [-0.39, 0.29) is 5.56 Å². The number of fused-ring (bicyclic) bond motifs is 1. The van der Waals surface area contributed by atoms with Gasteiger partial charge in [-0.25, -0.2) is 9.78 Å². The number of carbonyl (C=O) groups is 1. The van der Waals surface area contributed by atoms with Crippen LogP contribution in [0.3, 0.4) is 0 Å². The number of carboxylic acids is 1. The predicted octanol–water partition coefficient (Wildman–Crippen LogP) is 4.57. The van der Waals surface area contributed by atoms with E-state index in [1.165, 1.54) is 23.5 Å². The summed E-state index contributed by atoms with van der Waals surface area (Å²) >= 11 is 1.54. The standard InChI is InChI=1S/C19H14N2O3S/c22-19(23)12-5-7-13(8-6-12)24-10-18-21-17(11-25-18)15-9-20-16-4-2-1-3-14(15)16/h1-9,11,20H,10H2,(H,22,23). The van der Waals surface area contributed by atoms with Crippen molar-refractivity contribution in [2.75, 3.05) is 0 Å². The molecule has 0 saturated heterocycles. The van der Waals surface area contributed by atoms with Crippen LogP contribution in [0.25, 0.3) is 22.2 Å². The number of benzene rings is 2. The van der Waals surface area contributed by atoms with Crippen molar-refractivity contribution in [2.24, 2.45) is 0 Å². The number of ether oxygens (including phenoxy) is 1. The summed E-state index contributed by atoms with van der Waals surface area (Å²) in [6.07, 6.45) is 1.97. The molecule has 2 N–H and O–H groups in total. The monoisotopic (exact) mass is 350 g/mol. The van der Waals surface area contributed by atoms with Gasteiger partial charge in [-0.05, 0) is 30.3 Å². The Bertz CT molecular complexity index is 1030. The summed E-state index contributed by atoms with van der Waals surface area (Å²) < 4.78 is 5.69. The first kappa shape index (κ1) is 15.4. The minimum absolute atomic E-state index is 0.239. The first-order chi connectivity index (χ1) is 12.2. The van der Waals surface area contributed by atoms with Gasteiger partial charge < -0.3 is 14.8 Å². The highest BCUT2D eigenvalue weighted by atomic mass is 32.1. The Hall–Kier alpha value is -3.12. The van der Waals surface area contributed by atoms with Crippen molar-refractivity contribution in [3.8, 4) is 17.0 Å². The van der Waals surface area contributed by atoms with Gasteiger partial charge in [0.05, 0.1) is 11.3 Å². The van der Waals surface area contributed by atoms with Gasteiger partial charge in [0.15, 0.2) is 0 Å². The van der Waals surface area contributed by atoms with Crippen LogP contribution in [0.5, 0.6) is 5.75 Å². The average Bonchev–Trinajstić information content (AvgIpc) is 3.27. The molecule has 4 aromatic rings. The van der Waals surface area contributed by atoms with E-state index in [2.05, 4.69) is 16.0 Å². The fraction of sp³-hybridized carbons (Fsp3) is 0.0526. The van der Waals surface area contributed by atoms with E-state index in [0.29, 0.717) is 12.4 Å². The van der Waals surface area contributed by atoms with Crippen LogP contribution < -0.4 is 4.74 Å². The normalized spacial score (nSPS) is 10.9. The molecule has 2 aromatic heterocycles. The average molecular weight is 350 g/mol. The lowest BCUT2D eigenvalue weighted by Gasteiger charge is -2.04. The van der Waals surface area contributed by atoms with E-state index in [0.717, 1.165) is 27.2 Å². The molecule has 0 aliphatic rings. The van der Waals surface area contributed by atoms with Crippen LogP contribution in [-0.4, -0.2) is 21.0 Å². The molecule has 2 heterocycles. The Balaban J connectivity index is 1.49. The summed E-state index contributed by atoms with van der Waals surface area (Å²) in [6, 6.07) is 14.5. The molecule has 0 fully saturated rings. The Morgan fingerprint density at radius 1 is 1.16 bits per heavy atom.